The van der Waals surface area contributed by atoms with Gasteiger partial charge >= 0.3 is 11.9 Å². The molecule has 4 aromatic carbocycles. The molecule has 8 aromatic rings. The topological polar surface area (TPSA) is 232 Å². The van der Waals surface area contributed by atoms with Gasteiger partial charge in [-0.05, 0) is 67.8 Å². The number of pyridine rings is 2. The Kier molecular flexibility index (Phi) is 15.2. The van der Waals surface area contributed by atoms with Gasteiger partial charge in [0.15, 0.2) is 17.1 Å². The number of ketones is 1. The number of Topliss-reactive ketones (excluding diaryl/α,β-unsaturated/α-hetero) is 1. The number of rotatable bonds is 23. The van der Waals surface area contributed by atoms with Crippen molar-refractivity contribution < 1.29 is 52.4 Å². The number of benzene rings is 4. The molecule has 0 aliphatic heterocycles. The summed E-state index contributed by atoms with van der Waals surface area (Å²) < 4.78 is 45.5. The predicted molar refractivity (Wildman–Crippen MR) is 251 cm³/mol. The van der Waals surface area contributed by atoms with Crippen molar-refractivity contribution in [1.82, 2.24) is 35.7 Å². The van der Waals surface area contributed by atoms with E-state index in [2.05, 4.69) is 35.7 Å². The van der Waals surface area contributed by atoms with E-state index in [9.17, 15) is 38.2 Å². The molecule has 0 saturated heterocycles. The number of nitrogens with zero attached hydrogens (tertiary/aromatic N) is 4. The van der Waals surface area contributed by atoms with Crippen LogP contribution in [-0.2, 0) is 14.2 Å². The number of fused-ring (bicyclic) bond motifs is 2. The van der Waals surface area contributed by atoms with E-state index in [4.69, 9.17) is 14.2 Å². The third-order valence-corrected chi connectivity index (χ3v) is 11.1. The van der Waals surface area contributed by atoms with Gasteiger partial charge in [0.2, 0.25) is 0 Å². The average molecular weight is 938 g/mol. The molecule has 0 bridgehead atoms. The Bertz CT molecular complexity index is 2940. The number of aromatic carboxylic acids is 2. The molecule has 4 aromatic heterocycles. The van der Waals surface area contributed by atoms with Crippen molar-refractivity contribution in [2.24, 2.45) is 0 Å². The smallest absolute Gasteiger partial charge is 0.338 e. The molecule has 0 aliphatic carbocycles. The number of carboxylic acids is 2. The number of ether oxygens (including phenoxy) is 3. The molecule has 1 amide bonds. The second kappa shape index (κ2) is 22.2. The second-order valence-corrected chi connectivity index (χ2v) is 15.8. The summed E-state index contributed by atoms with van der Waals surface area (Å²) in [6.07, 6.45) is 1.84. The molecule has 5 N–H and O–H groups in total. The molecule has 16 nitrogen and oxygen atoms in total. The zero-order valence-electron chi connectivity index (χ0n) is 37.0. The number of aromatic nitrogens is 6. The molecule has 352 valence electrons. The standard InChI is InChI=1S/C51H45F2N7O9/c52-38-17-15-32(26-34(38)50(63)64)40-28-36(43-45(57-59-47(43)55-40)30-10-3-1-4-11-30)42(61)14-7-8-20-67-22-24-69-25-23-68-21-9-19-54-49(62)37-29-41(33-16-18-39(53)35(27-33)51(65)66)56-48-44(37)46(58-60-48)31-12-5-2-6-13-31/h1-6,10-13,15-18,26-29H,7-9,14,19-25H2,(H,54,62)(H,63,64)(H,65,66)(H,55,57,59)(H,56,58,60). The Hall–Kier alpha value is -8.06. The lowest BCUT2D eigenvalue weighted by Crippen LogP contribution is -2.26. The number of hydrogen-bond acceptors (Lipinski definition) is 11. The quantitative estimate of drug-likeness (QED) is 0.0299. The van der Waals surface area contributed by atoms with E-state index >= 15 is 0 Å². The first kappa shape index (κ1) is 47.4. The third kappa shape index (κ3) is 11.2. The summed E-state index contributed by atoms with van der Waals surface area (Å²) in [6, 6.07) is 29.1. The van der Waals surface area contributed by atoms with E-state index in [1.165, 1.54) is 30.3 Å². The van der Waals surface area contributed by atoms with Crippen molar-refractivity contribution in [2.45, 2.75) is 25.7 Å². The molecule has 18 heteroatoms. The Balaban J connectivity index is 0.764. The summed E-state index contributed by atoms with van der Waals surface area (Å²) in [5.41, 5.74) is 4.05. The Labute approximate surface area is 392 Å². The van der Waals surface area contributed by atoms with Crippen molar-refractivity contribution in [3.63, 3.8) is 0 Å². The number of nitrogens with one attached hydrogen (secondary N) is 3. The Morgan fingerprint density at radius 1 is 0.522 bits per heavy atom. The minimum Gasteiger partial charge on any atom is -0.478 e. The fourth-order valence-electron chi connectivity index (χ4n) is 7.70. The maximum absolute atomic E-state index is 14.2. The van der Waals surface area contributed by atoms with Gasteiger partial charge in [-0.1, -0.05) is 60.7 Å². The normalized spacial score (nSPS) is 11.3. The summed E-state index contributed by atoms with van der Waals surface area (Å²) in [7, 11) is 0. The lowest BCUT2D eigenvalue weighted by Gasteiger charge is -2.11. The summed E-state index contributed by atoms with van der Waals surface area (Å²) in [5.74, 6) is -5.18. The highest BCUT2D eigenvalue weighted by molar-refractivity contribution is 6.12. The van der Waals surface area contributed by atoms with Gasteiger partial charge in [-0.3, -0.25) is 19.8 Å². The molecule has 8 rings (SSSR count). The summed E-state index contributed by atoms with van der Waals surface area (Å²) >= 11 is 0. The minimum absolute atomic E-state index is 0.161. The van der Waals surface area contributed by atoms with Gasteiger partial charge in [0.05, 0.1) is 65.3 Å². The molecule has 0 radical (unpaired) electrons. The van der Waals surface area contributed by atoms with Crippen molar-refractivity contribution in [1.29, 1.82) is 0 Å². The van der Waals surface area contributed by atoms with E-state index in [-0.39, 0.29) is 30.0 Å². The maximum atomic E-state index is 14.2. The number of carbonyl (C=O) groups excluding carboxylic acids is 2. The lowest BCUT2D eigenvalue weighted by molar-refractivity contribution is 0.0136. The molecular weight excluding hydrogens is 893 g/mol. The molecule has 4 heterocycles. The van der Waals surface area contributed by atoms with E-state index in [0.717, 1.165) is 23.3 Å². The number of H-pyrrole nitrogens is 2. The SMILES string of the molecule is O=C(O)c1cc(-c2cc(C(=O)CCCCOCCOCCOCCCNC(=O)c3cc(-c4ccc(F)c(C(=O)O)c4)nc4[nH]nc(-c5ccccc5)c34)c3c(-c4ccccc4)n[nH]c3n2)ccc1F. The molecular formula is C51H45F2N7O9. The van der Waals surface area contributed by atoms with E-state index in [1.807, 2.05) is 60.7 Å². The van der Waals surface area contributed by atoms with Crippen LogP contribution in [-0.4, -0.2) is 110 Å². The van der Waals surface area contributed by atoms with Gasteiger partial charge in [0.25, 0.3) is 5.91 Å². The first-order valence-corrected chi connectivity index (χ1v) is 22.1. The third-order valence-electron chi connectivity index (χ3n) is 11.1. The van der Waals surface area contributed by atoms with Crippen LogP contribution in [0.25, 0.3) is 67.1 Å². The van der Waals surface area contributed by atoms with Crippen molar-refractivity contribution in [2.75, 3.05) is 46.2 Å². The maximum Gasteiger partial charge on any atom is 0.338 e. The van der Waals surface area contributed by atoms with Crippen LogP contribution in [0.5, 0.6) is 0 Å². The highest BCUT2D eigenvalue weighted by Gasteiger charge is 2.23. The van der Waals surface area contributed by atoms with E-state index < -0.39 is 40.6 Å². The summed E-state index contributed by atoms with van der Waals surface area (Å²) in [4.78, 5) is 60.0. The van der Waals surface area contributed by atoms with Crippen molar-refractivity contribution in [3.8, 4) is 45.0 Å². The highest BCUT2D eigenvalue weighted by atomic mass is 19.1. The molecule has 0 fully saturated rings. The first-order chi connectivity index (χ1) is 33.6. The average Bonchev–Trinajstić information content (AvgIpc) is 4.00. The van der Waals surface area contributed by atoms with Gasteiger partial charge in [0.1, 0.15) is 23.0 Å². The number of carboxylic acid groups (broad SMARTS) is 2. The number of aromatic amines is 2. The van der Waals surface area contributed by atoms with E-state index in [0.29, 0.717) is 115 Å². The van der Waals surface area contributed by atoms with Crippen molar-refractivity contribution in [3.05, 3.63) is 143 Å². The molecule has 69 heavy (non-hydrogen) atoms. The van der Waals surface area contributed by atoms with Crippen LogP contribution in [0.4, 0.5) is 8.78 Å². The molecule has 0 unspecified atom stereocenters. The monoisotopic (exact) mass is 937 g/mol. The number of carbonyl (C=O) groups is 4. The van der Waals surface area contributed by atoms with E-state index in [1.54, 1.807) is 6.07 Å². The number of hydrogen-bond donors (Lipinski definition) is 5. The molecule has 0 saturated carbocycles. The van der Waals surface area contributed by atoms with Gasteiger partial charge in [-0.25, -0.2) is 28.3 Å². The lowest BCUT2D eigenvalue weighted by atomic mass is 9.97. The van der Waals surface area contributed by atoms with Crippen LogP contribution in [0.1, 0.15) is 67.1 Å². The molecule has 0 spiro atoms. The largest absolute Gasteiger partial charge is 0.478 e. The summed E-state index contributed by atoms with van der Waals surface area (Å²) in [6.45, 7) is 2.37. The number of unbranched alkanes of at least 4 members (excludes halogenated alkanes) is 1. The second-order valence-electron chi connectivity index (χ2n) is 15.8. The number of amides is 1. The highest BCUT2D eigenvalue weighted by Crippen LogP contribution is 2.34. The zero-order valence-corrected chi connectivity index (χ0v) is 37.0. The zero-order chi connectivity index (χ0) is 48.3. The number of halogens is 2. The minimum atomic E-state index is -1.43. The van der Waals surface area contributed by atoms with Crippen LogP contribution in [0, 0.1) is 11.6 Å². The summed E-state index contributed by atoms with van der Waals surface area (Å²) in [5, 5.41) is 37.6. The van der Waals surface area contributed by atoms with Gasteiger partial charge in [-0.2, -0.15) is 10.2 Å². The fourth-order valence-corrected chi connectivity index (χ4v) is 7.70. The Morgan fingerprint density at radius 3 is 1.49 bits per heavy atom. The van der Waals surface area contributed by atoms with Crippen LogP contribution >= 0.6 is 0 Å². The molecule has 0 atom stereocenters. The van der Waals surface area contributed by atoms with Crippen LogP contribution in [0.15, 0.2) is 109 Å². The van der Waals surface area contributed by atoms with Crippen LogP contribution < -0.4 is 5.32 Å². The molecule has 0 aliphatic rings. The Morgan fingerprint density at radius 2 is 0.986 bits per heavy atom. The van der Waals surface area contributed by atoms with Crippen molar-refractivity contribution >= 4 is 45.7 Å². The van der Waals surface area contributed by atoms with Crippen LogP contribution in [0.3, 0.4) is 0 Å². The predicted octanol–water partition coefficient (Wildman–Crippen LogP) is 8.79. The van der Waals surface area contributed by atoms with Crippen LogP contribution in [0.2, 0.25) is 0 Å². The fraction of sp³-hybridized carbons (Fsp3) is 0.216. The first-order valence-electron chi connectivity index (χ1n) is 22.1. The van der Waals surface area contributed by atoms with Gasteiger partial charge in [-0.15, -0.1) is 0 Å². The van der Waals surface area contributed by atoms with Gasteiger partial charge < -0.3 is 29.7 Å². The van der Waals surface area contributed by atoms with Gasteiger partial charge in [0, 0.05) is 54.0 Å².